The zero-order valence-corrected chi connectivity index (χ0v) is 10.7. The number of aromatic nitrogens is 1. The van der Waals surface area contributed by atoms with Crippen LogP contribution in [0.15, 0.2) is 17.3 Å². The van der Waals surface area contributed by atoms with Crippen LogP contribution in [0.3, 0.4) is 0 Å². The van der Waals surface area contributed by atoms with Crippen molar-refractivity contribution in [2.45, 2.75) is 11.9 Å². The van der Waals surface area contributed by atoms with Gasteiger partial charge in [0.05, 0.1) is 24.6 Å². The second-order valence-electron chi connectivity index (χ2n) is 3.71. The van der Waals surface area contributed by atoms with Crippen LogP contribution in [0.5, 0.6) is 0 Å². The molecule has 0 bridgehead atoms. The molecule has 1 aromatic rings. The highest BCUT2D eigenvalue weighted by Gasteiger charge is 2.15. The lowest BCUT2D eigenvalue weighted by Gasteiger charge is -2.10. The fourth-order valence-electron chi connectivity index (χ4n) is 1.11. The Morgan fingerprint density at radius 2 is 2.41 bits per heavy atom. The number of methoxy groups -OCH3 is 1. The summed E-state index contributed by atoms with van der Waals surface area (Å²) in [5, 5.41) is 9.51. The molecule has 6 heteroatoms. The van der Waals surface area contributed by atoms with Gasteiger partial charge in [-0.1, -0.05) is 6.92 Å². The zero-order valence-electron chi connectivity index (χ0n) is 9.84. The van der Waals surface area contributed by atoms with Crippen molar-refractivity contribution in [3.05, 3.63) is 17.8 Å². The average Bonchev–Trinajstić information content (AvgIpc) is 2.35. The molecule has 0 aromatic carbocycles. The van der Waals surface area contributed by atoms with Gasteiger partial charge in [0.1, 0.15) is 5.03 Å². The van der Waals surface area contributed by atoms with Gasteiger partial charge in [0.2, 0.25) is 0 Å². The van der Waals surface area contributed by atoms with Gasteiger partial charge >= 0.3 is 5.97 Å². The summed E-state index contributed by atoms with van der Waals surface area (Å²) in [5.41, 5.74) is 6.37. The van der Waals surface area contributed by atoms with Crippen LogP contribution in [-0.4, -0.2) is 35.5 Å². The Kier molecular flexibility index (Phi) is 5.24. The van der Waals surface area contributed by atoms with E-state index < -0.39 is 5.97 Å². The lowest BCUT2D eigenvalue weighted by Crippen LogP contribution is -2.08. The molecule has 0 radical (unpaired) electrons. The summed E-state index contributed by atoms with van der Waals surface area (Å²) in [6.07, 6.45) is 1.50. The van der Waals surface area contributed by atoms with Crippen molar-refractivity contribution < 1.29 is 14.6 Å². The van der Waals surface area contributed by atoms with Gasteiger partial charge in [-0.05, 0) is 12.0 Å². The van der Waals surface area contributed by atoms with Crippen molar-refractivity contribution in [2.75, 3.05) is 25.2 Å². The number of carbonyl (C=O) groups is 1. The van der Waals surface area contributed by atoms with Gasteiger partial charge < -0.3 is 15.6 Å². The third-order valence-electron chi connectivity index (χ3n) is 2.09. The Bertz CT molecular complexity index is 398. The van der Waals surface area contributed by atoms with Crippen LogP contribution in [0.1, 0.15) is 17.3 Å². The van der Waals surface area contributed by atoms with Gasteiger partial charge in [-0.25, -0.2) is 9.78 Å². The minimum absolute atomic E-state index is 0.107. The van der Waals surface area contributed by atoms with E-state index in [1.165, 1.54) is 25.1 Å². The Morgan fingerprint density at radius 1 is 1.71 bits per heavy atom. The number of aliphatic hydroxyl groups is 1. The first kappa shape index (κ1) is 13.8. The number of rotatable bonds is 5. The number of pyridine rings is 1. The molecule has 17 heavy (non-hydrogen) atoms. The third kappa shape index (κ3) is 3.90. The maximum absolute atomic E-state index is 11.5. The molecule has 0 fully saturated rings. The monoisotopic (exact) mass is 256 g/mol. The summed E-state index contributed by atoms with van der Waals surface area (Å²) in [6.45, 7) is 2.03. The van der Waals surface area contributed by atoms with Crippen molar-refractivity contribution >= 4 is 23.4 Å². The first-order valence-corrected chi connectivity index (χ1v) is 6.14. The van der Waals surface area contributed by atoms with E-state index in [9.17, 15) is 4.79 Å². The van der Waals surface area contributed by atoms with E-state index in [4.69, 9.17) is 10.8 Å². The number of aliphatic hydroxyl groups excluding tert-OH is 1. The molecule has 0 aliphatic heterocycles. The molecule has 0 saturated heterocycles. The molecular weight excluding hydrogens is 240 g/mol. The van der Waals surface area contributed by atoms with Crippen LogP contribution < -0.4 is 5.73 Å². The highest BCUT2D eigenvalue weighted by atomic mass is 32.2. The normalized spacial score (nSPS) is 12.2. The summed E-state index contributed by atoms with van der Waals surface area (Å²) >= 11 is 1.40. The summed E-state index contributed by atoms with van der Waals surface area (Å²) in [7, 11) is 1.32. The summed E-state index contributed by atoms with van der Waals surface area (Å²) in [4.78, 5) is 15.6. The number of nitrogens with zero attached hydrogens (tertiary/aromatic N) is 1. The Labute approximate surface area is 104 Å². The molecule has 0 spiro atoms. The van der Waals surface area contributed by atoms with Gasteiger partial charge in [0.25, 0.3) is 0 Å². The molecule has 5 nitrogen and oxygen atoms in total. The van der Waals surface area contributed by atoms with Gasteiger partial charge in [0.15, 0.2) is 0 Å². The third-order valence-corrected chi connectivity index (χ3v) is 3.43. The summed E-state index contributed by atoms with van der Waals surface area (Å²) in [6, 6.07) is 1.55. The smallest absolute Gasteiger partial charge is 0.340 e. The quantitative estimate of drug-likeness (QED) is 0.607. The average molecular weight is 256 g/mol. The van der Waals surface area contributed by atoms with Gasteiger partial charge in [-0.3, -0.25) is 0 Å². The minimum Gasteiger partial charge on any atom is -0.465 e. The van der Waals surface area contributed by atoms with E-state index in [0.717, 1.165) is 0 Å². The zero-order chi connectivity index (χ0) is 12.8. The molecule has 1 unspecified atom stereocenters. The molecule has 1 atom stereocenters. The molecule has 0 aliphatic carbocycles. The van der Waals surface area contributed by atoms with E-state index in [2.05, 4.69) is 9.72 Å². The van der Waals surface area contributed by atoms with E-state index in [1.807, 2.05) is 6.92 Å². The molecule has 94 valence electrons. The van der Waals surface area contributed by atoms with Crippen molar-refractivity contribution in [1.82, 2.24) is 4.98 Å². The maximum Gasteiger partial charge on any atom is 0.340 e. The van der Waals surface area contributed by atoms with Crippen molar-refractivity contribution in [3.8, 4) is 0 Å². The molecule has 3 N–H and O–H groups in total. The lowest BCUT2D eigenvalue weighted by molar-refractivity contribution is 0.0596. The maximum atomic E-state index is 11.5. The highest BCUT2D eigenvalue weighted by Crippen LogP contribution is 2.24. The van der Waals surface area contributed by atoms with Crippen LogP contribution in [-0.2, 0) is 4.74 Å². The SMILES string of the molecule is COC(=O)c1cc(N)cnc1SCC(C)CO. The Balaban J connectivity index is 2.86. The first-order valence-electron chi connectivity index (χ1n) is 5.16. The number of nitrogen functional groups attached to an aromatic ring is 1. The molecular formula is C11H16N2O3S. The van der Waals surface area contributed by atoms with E-state index in [1.54, 1.807) is 6.07 Å². The fraction of sp³-hybridized carbons (Fsp3) is 0.455. The largest absolute Gasteiger partial charge is 0.465 e. The van der Waals surface area contributed by atoms with Crippen LogP contribution in [0.2, 0.25) is 0 Å². The second kappa shape index (κ2) is 6.46. The van der Waals surface area contributed by atoms with Gasteiger partial charge in [0, 0.05) is 12.4 Å². The number of carbonyl (C=O) groups excluding carboxylic acids is 1. The van der Waals surface area contributed by atoms with Crippen LogP contribution in [0.4, 0.5) is 5.69 Å². The van der Waals surface area contributed by atoms with Crippen molar-refractivity contribution in [3.63, 3.8) is 0 Å². The number of esters is 1. The van der Waals surface area contributed by atoms with Gasteiger partial charge in [-0.2, -0.15) is 0 Å². The molecule has 0 aliphatic rings. The van der Waals surface area contributed by atoms with Crippen LogP contribution >= 0.6 is 11.8 Å². The van der Waals surface area contributed by atoms with E-state index >= 15 is 0 Å². The van der Waals surface area contributed by atoms with E-state index in [-0.39, 0.29) is 12.5 Å². The lowest BCUT2D eigenvalue weighted by atomic mass is 10.2. The number of thioether (sulfide) groups is 1. The van der Waals surface area contributed by atoms with Gasteiger partial charge in [-0.15, -0.1) is 11.8 Å². The first-order chi connectivity index (χ1) is 8.08. The Hall–Kier alpha value is -1.27. The number of nitrogens with two attached hydrogens (primary N) is 1. The molecule has 1 aromatic heterocycles. The van der Waals surface area contributed by atoms with E-state index in [0.29, 0.717) is 22.0 Å². The summed E-state index contributed by atoms with van der Waals surface area (Å²) < 4.78 is 4.67. The number of anilines is 1. The molecule has 0 saturated carbocycles. The highest BCUT2D eigenvalue weighted by molar-refractivity contribution is 7.99. The molecule has 0 amide bonds. The predicted molar refractivity (Wildman–Crippen MR) is 67.0 cm³/mol. The predicted octanol–water partition coefficient (Wildman–Crippen LogP) is 1.17. The van der Waals surface area contributed by atoms with Crippen LogP contribution in [0, 0.1) is 5.92 Å². The summed E-state index contributed by atoms with van der Waals surface area (Å²) in [5.74, 6) is 0.367. The van der Waals surface area contributed by atoms with Crippen LogP contribution in [0.25, 0.3) is 0 Å². The number of ether oxygens (including phenoxy) is 1. The topological polar surface area (TPSA) is 85.4 Å². The minimum atomic E-state index is -0.455. The number of hydrogen-bond donors (Lipinski definition) is 2. The standard InChI is InChI=1S/C11H16N2O3S/c1-7(5-14)6-17-10-9(11(15)16-2)3-8(12)4-13-10/h3-4,7,14H,5-6,12H2,1-2H3. The second-order valence-corrected chi connectivity index (χ2v) is 4.72. The molecule has 1 rings (SSSR count). The Morgan fingerprint density at radius 3 is 3.00 bits per heavy atom. The molecule has 1 heterocycles. The number of hydrogen-bond acceptors (Lipinski definition) is 6. The van der Waals surface area contributed by atoms with Crippen molar-refractivity contribution in [1.29, 1.82) is 0 Å². The van der Waals surface area contributed by atoms with Crippen molar-refractivity contribution in [2.24, 2.45) is 5.92 Å². The fourth-order valence-corrected chi connectivity index (χ4v) is 2.09.